The maximum absolute atomic E-state index is 12.8. The molecule has 2 aromatic heterocycles. The summed E-state index contributed by atoms with van der Waals surface area (Å²) in [6.45, 7) is 2.97. The molecule has 0 unspecified atom stereocenters. The predicted molar refractivity (Wildman–Crippen MR) is 105 cm³/mol. The van der Waals surface area contributed by atoms with Crippen molar-refractivity contribution in [3.8, 4) is 0 Å². The van der Waals surface area contributed by atoms with Crippen molar-refractivity contribution < 1.29 is 9.59 Å². The van der Waals surface area contributed by atoms with Crippen LogP contribution in [0.25, 0.3) is 5.65 Å². The van der Waals surface area contributed by atoms with Crippen molar-refractivity contribution >= 4 is 17.5 Å². The summed E-state index contributed by atoms with van der Waals surface area (Å²) in [6, 6.07) is 13.1. The van der Waals surface area contributed by atoms with Crippen molar-refractivity contribution in [1.82, 2.24) is 24.8 Å². The standard InChI is InChI=1S/C21H23N5O2/c1-15-6-4-7-16(14-15)21(28)22-11-10-19(27)25-13-5-8-17(25)20-24-23-18-9-2-3-12-26(18)20/h2-4,6-7,9,12,14,17H,5,8,10-11,13H2,1H3,(H,22,28)/t17-/m0/s1. The number of amides is 2. The van der Waals surface area contributed by atoms with E-state index in [2.05, 4.69) is 15.5 Å². The molecule has 7 heteroatoms. The lowest BCUT2D eigenvalue weighted by molar-refractivity contribution is -0.132. The smallest absolute Gasteiger partial charge is 0.251 e. The van der Waals surface area contributed by atoms with Gasteiger partial charge in [0.25, 0.3) is 5.91 Å². The first-order chi connectivity index (χ1) is 13.6. The number of aromatic nitrogens is 3. The summed E-state index contributed by atoms with van der Waals surface area (Å²) in [5.41, 5.74) is 2.42. The molecule has 3 aromatic rings. The van der Waals surface area contributed by atoms with Gasteiger partial charge in [-0.25, -0.2) is 0 Å². The molecule has 1 N–H and O–H groups in total. The van der Waals surface area contributed by atoms with Gasteiger partial charge in [-0.15, -0.1) is 10.2 Å². The van der Waals surface area contributed by atoms with Crippen LogP contribution in [0.1, 0.15) is 47.1 Å². The minimum atomic E-state index is -0.155. The zero-order valence-corrected chi connectivity index (χ0v) is 15.8. The molecule has 1 aromatic carbocycles. The first-order valence-electron chi connectivity index (χ1n) is 9.57. The van der Waals surface area contributed by atoms with E-state index in [4.69, 9.17) is 0 Å². The topological polar surface area (TPSA) is 79.6 Å². The quantitative estimate of drug-likeness (QED) is 0.741. The SMILES string of the molecule is Cc1cccc(C(=O)NCCC(=O)N2CCC[C@H]2c2nnc3ccccn23)c1. The van der Waals surface area contributed by atoms with Crippen molar-refractivity contribution in [3.05, 3.63) is 65.6 Å². The number of hydrogen-bond acceptors (Lipinski definition) is 4. The lowest BCUT2D eigenvalue weighted by atomic mass is 10.1. The second-order valence-corrected chi connectivity index (χ2v) is 7.11. The predicted octanol–water partition coefficient (Wildman–Crippen LogP) is 2.52. The Morgan fingerprint density at radius 3 is 2.93 bits per heavy atom. The van der Waals surface area contributed by atoms with Crippen LogP contribution in [0.3, 0.4) is 0 Å². The lowest BCUT2D eigenvalue weighted by Crippen LogP contribution is -2.34. The first-order valence-corrected chi connectivity index (χ1v) is 9.57. The minimum absolute atomic E-state index is 0.0275. The van der Waals surface area contributed by atoms with Crippen molar-refractivity contribution in [3.63, 3.8) is 0 Å². The largest absolute Gasteiger partial charge is 0.352 e. The molecule has 0 spiro atoms. The molecule has 1 aliphatic heterocycles. The maximum Gasteiger partial charge on any atom is 0.251 e. The highest BCUT2D eigenvalue weighted by molar-refractivity contribution is 5.94. The van der Waals surface area contributed by atoms with Crippen LogP contribution in [0.4, 0.5) is 0 Å². The zero-order chi connectivity index (χ0) is 19.5. The van der Waals surface area contributed by atoms with Crippen LogP contribution in [0, 0.1) is 6.92 Å². The molecular weight excluding hydrogens is 354 g/mol. The number of carbonyl (C=O) groups is 2. The van der Waals surface area contributed by atoms with Gasteiger partial charge in [0.05, 0.1) is 6.04 Å². The number of benzene rings is 1. The number of carbonyl (C=O) groups excluding carboxylic acids is 2. The van der Waals surface area contributed by atoms with Gasteiger partial charge >= 0.3 is 0 Å². The summed E-state index contributed by atoms with van der Waals surface area (Å²) in [5, 5.41) is 11.4. The molecule has 7 nitrogen and oxygen atoms in total. The lowest BCUT2D eigenvalue weighted by Gasteiger charge is -2.23. The highest BCUT2D eigenvalue weighted by atomic mass is 16.2. The Balaban J connectivity index is 1.38. The van der Waals surface area contributed by atoms with Crippen molar-refractivity contribution in [2.24, 2.45) is 0 Å². The van der Waals surface area contributed by atoms with Crippen LogP contribution in [0.5, 0.6) is 0 Å². The molecule has 0 radical (unpaired) electrons. The van der Waals surface area contributed by atoms with Crippen molar-refractivity contribution in [2.75, 3.05) is 13.1 Å². The molecule has 28 heavy (non-hydrogen) atoms. The molecule has 1 atom stereocenters. The van der Waals surface area contributed by atoms with Gasteiger partial charge in [0.2, 0.25) is 5.91 Å². The molecule has 1 saturated heterocycles. The Morgan fingerprint density at radius 2 is 2.07 bits per heavy atom. The number of likely N-dealkylation sites (tertiary alicyclic amines) is 1. The van der Waals surface area contributed by atoms with Gasteiger partial charge in [0.15, 0.2) is 11.5 Å². The Hall–Kier alpha value is -3.22. The highest BCUT2D eigenvalue weighted by Gasteiger charge is 2.32. The third-order valence-corrected chi connectivity index (χ3v) is 5.12. The molecular formula is C21H23N5O2. The van der Waals surface area contributed by atoms with E-state index in [1.165, 1.54) is 0 Å². The summed E-state index contributed by atoms with van der Waals surface area (Å²) in [6.07, 6.45) is 4.00. The van der Waals surface area contributed by atoms with Crippen LogP contribution in [0.2, 0.25) is 0 Å². The molecule has 0 aliphatic carbocycles. The third-order valence-electron chi connectivity index (χ3n) is 5.12. The second kappa shape index (κ2) is 7.80. The first kappa shape index (κ1) is 18.2. The molecule has 1 aliphatic rings. The van der Waals surface area contributed by atoms with Gasteiger partial charge in [0.1, 0.15) is 0 Å². The van der Waals surface area contributed by atoms with Gasteiger partial charge in [-0.2, -0.15) is 0 Å². The molecule has 0 bridgehead atoms. The Bertz CT molecular complexity index is 1010. The number of rotatable bonds is 5. The monoisotopic (exact) mass is 377 g/mol. The summed E-state index contributed by atoms with van der Waals surface area (Å²) in [4.78, 5) is 26.9. The van der Waals surface area contributed by atoms with Gasteiger partial charge < -0.3 is 10.2 Å². The fourth-order valence-corrected chi connectivity index (χ4v) is 3.74. The minimum Gasteiger partial charge on any atom is -0.352 e. The Labute approximate surface area is 163 Å². The number of hydrogen-bond donors (Lipinski definition) is 1. The van der Waals surface area contributed by atoms with Gasteiger partial charge in [-0.3, -0.25) is 14.0 Å². The average Bonchev–Trinajstić information content (AvgIpc) is 3.34. The number of nitrogens with zero attached hydrogens (tertiary/aromatic N) is 4. The summed E-state index contributed by atoms with van der Waals surface area (Å²) in [5.74, 6) is 0.669. The molecule has 3 heterocycles. The van der Waals surface area contributed by atoms with Crippen LogP contribution < -0.4 is 5.32 Å². The summed E-state index contributed by atoms with van der Waals surface area (Å²) >= 11 is 0. The number of aryl methyl sites for hydroxylation is 1. The molecule has 1 fully saturated rings. The number of nitrogens with one attached hydrogen (secondary N) is 1. The molecule has 144 valence electrons. The molecule has 2 amide bonds. The van der Waals surface area contributed by atoms with Crippen LogP contribution >= 0.6 is 0 Å². The number of pyridine rings is 1. The van der Waals surface area contributed by atoms with Crippen LogP contribution in [-0.4, -0.2) is 44.4 Å². The molecule has 0 saturated carbocycles. The van der Waals surface area contributed by atoms with Crippen LogP contribution in [0.15, 0.2) is 48.7 Å². The zero-order valence-electron chi connectivity index (χ0n) is 15.8. The number of fused-ring (bicyclic) bond motifs is 1. The summed E-state index contributed by atoms with van der Waals surface area (Å²) < 4.78 is 1.94. The van der Waals surface area contributed by atoms with E-state index < -0.39 is 0 Å². The van der Waals surface area contributed by atoms with Gasteiger partial charge in [-0.05, 0) is 44.0 Å². The molecule has 4 rings (SSSR count). The third kappa shape index (κ3) is 3.60. The maximum atomic E-state index is 12.8. The Kier molecular flexibility index (Phi) is 5.06. The van der Waals surface area contributed by atoms with E-state index in [1.54, 1.807) is 6.07 Å². The van der Waals surface area contributed by atoms with E-state index >= 15 is 0 Å². The van der Waals surface area contributed by atoms with Crippen molar-refractivity contribution in [1.29, 1.82) is 0 Å². The van der Waals surface area contributed by atoms with E-state index in [0.717, 1.165) is 29.9 Å². The fourth-order valence-electron chi connectivity index (χ4n) is 3.74. The van der Waals surface area contributed by atoms with E-state index in [0.29, 0.717) is 18.7 Å². The van der Waals surface area contributed by atoms with Gasteiger partial charge in [-0.1, -0.05) is 23.8 Å². The van der Waals surface area contributed by atoms with Crippen LogP contribution in [-0.2, 0) is 4.79 Å². The van der Waals surface area contributed by atoms with Gasteiger partial charge in [0, 0.05) is 31.3 Å². The normalized spacial score (nSPS) is 16.5. The van der Waals surface area contributed by atoms with Crippen molar-refractivity contribution in [2.45, 2.75) is 32.2 Å². The highest BCUT2D eigenvalue weighted by Crippen LogP contribution is 2.31. The van der Waals surface area contributed by atoms with E-state index in [1.807, 2.05) is 58.8 Å². The Morgan fingerprint density at radius 1 is 1.18 bits per heavy atom. The van der Waals surface area contributed by atoms with E-state index in [-0.39, 0.29) is 24.3 Å². The average molecular weight is 377 g/mol. The second-order valence-electron chi connectivity index (χ2n) is 7.11. The fraction of sp³-hybridized carbons (Fsp3) is 0.333. The van der Waals surface area contributed by atoms with E-state index in [9.17, 15) is 9.59 Å². The summed E-state index contributed by atoms with van der Waals surface area (Å²) in [7, 11) is 0.